The van der Waals surface area contributed by atoms with Crippen LogP contribution in [-0.2, 0) is 4.74 Å². The van der Waals surface area contributed by atoms with Crippen molar-refractivity contribution in [1.82, 2.24) is 5.32 Å². The van der Waals surface area contributed by atoms with Crippen molar-refractivity contribution in [3.63, 3.8) is 0 Å². The third-order valence-electron chi connectivity index (χ3n) is 2.34. The van der Waals surface area contributed by atoms with Crippen LogP contribution in [0.3, 0.4) is 0 Å². The van der Waals surface area contributed by atoms with Gasteiger partial charge >= 0.3 is 0 Å². The molecule has 1 rings (SSSR count). The summed E-state index contributed by atoms with van der Waals surface area (Å²) in [6.45, 7) is 5.12. The summed E-state index contributed by atoms with van der Waals surface area (Å²) < 4.78 is 5.18. The highest BCUT2D eigenvalue weighted by Crippen LogP contribution is 2.24. The van der Waals surface area contributed by atoms with Gasteiger partial charge in [0.25, 0.3) is 0 Å². The van der Waals surface area contributed by atoms with Crippen molar-refractivity contribution < 1.29 is 4.74 Å². The van der Waals surface area contributed by atoms with Crippen LogP contribution in [0.4, 0.5) is 0 Å². The predicted molar refractivity (Wildman–Crippen MR) is 71.1 cm³/mol. The molecule has 0 fully saturated rings. The molecular formula is C13H21NOS. The van der Waals surface area contributed by atoms with Gasteiger partial charge in [-0.3, -0.25) is 0 Å². The standard InChI is InChI=1S/C13H21NOS/c1-10(2)16-12-7-5-11(6-8-12)13(14-3)9-15-4/h5-8,10,13-14H,9H2,1-4H3. The monoisotopic (exact) mass is 239 g/mol. The molecule has 2 nitrogen and oxygen atoms in total. The van der Waals surface area contributed by atoms with E-state index in [1.54, 1.807) is 7.11 Å². The zero-order chi connectivity index (χ0) is 12.0. The molecule has 1 N–H and O–H groups in total. The molecule has 16 heavy (non-hydrogen) atoms. The van der Waals surface area contributed by atoms with E-state index in [4.69, 9.17) is 4.74 Å². The van der Waals surface area contributed by atoms with E-state index in [2.05, 4.69) is 43.4 Å². The van der Waals surface area contributed by atoms with Crippen LogP contribution in [0, 0.1) is 0 Å². The number of hydrogen-bond acceptors (Lipinski definition) is 3. The van der Waals surface area contributed by atoms with Crippen LogP contribution in [0.1, 0.15) is 25.5 Å². The first kappa shape index (κ1) is 13.6. The number of thioether (sulfide) groups is 1. The van der Waals surface area contributed by atoms with Gasteiger partial charge in [-0.15, -0.1) is 11.8 Å². The molecule has 0 aliphatic carbocycles. The maximum absolute atomic E-state index is 5.18. The molecule has 0 aromatic heterocycles. The Balaban J connectivity index is 2.69. The molecule has 0 bridgehead atoms. The molecule has 0 saturated heterocycles. The summed E-state index contributed by atoms with van der Waals surface area (Å²) in [7, 11) is 3.69. The van der Waals surface area contributed by atoms with Crippen molar-refractivity contribution in [3.8, 4) is 0 Å². The summed E-state index contributed by atoms with van der Waals surface area (Å²) >= 11 is 1.89. The highest BCUT2D eigenvalue weighted by atomic mass is 32.2. The number of likely N-dealkylation sites (N-methyl/N-ethyl adjacent to an activating group) is 1. The van der Waals surface area contributed by atoms with Crippen molar-refractivity contribution in [3.05, 3.63) is 29.8 Å². The molecule has 90 valence electrons. The van der Waals surface area contributed by atoms with Gasteiger partial charge in [0, 0.05) is 17.3 Å². The number of nitrogens with one attached hydrogen (secondary N) is 1. The van der Waals surface area contributed by atoms with Crippen molar-refractivity contribution in [2.75, 3.05) is 20.8 Å². The molecule has 0 spiro atoms. The van der Waals surface area contributed by atoms with Gasteiger partial charge in [0.15, 0.2) is 0 Å². The first-order valence-electron chi connectivity index (χ1n) is 5.60. The van der Waals surface area contributed by atoms with E-state index in [0.717, 1.165) is 0 Å². The molecule has 0 aliphatic rings. The molecule has 1 aromatic rings. The largest absolute Gasteiger partial charge is 0.383 e. The fraction of sp³-hybridized carbons (Fsp3) is 0.538. The Labute approximate surface area is 103 Å². The Morgan fingerprint density at radius 3 is 2.31 bits per heavy atom. The lowest BCUT2D eigenvalue weighted by Crippen LogP contribution is -2.20. The average Bonchev–Trinajstić information content (AvgIpc) is 2.26. The summed E-state index contributed by atoms with van der Waals surface area (Å²) in [5.74, 6) is 0. The lowest BCUT2D eigenvalue weighted by Gasteiger charge is -2.16. The maximum Gasteiger partial charge on any atom is 0.0657 e. The molecule has 0 heterocycles. The average molecular weight is 239 g/mol. The van der Waals surface area contributed by atoms with Gasteiger partial charge in [-0.25, -0.2) is 0 Å². The molecule has 1 atom stereocenters. The zero-order valence-corrected chi connectivity index (χ0v) is 11.3. The van der Waals surface area contributed by atoms with Gasteiger partial charge in [0.2, 0.25) is 0 Å². The van der Waals surface area contributed by atoms with Gasteiger partial charge in [0.05, 0.1) is 12.6 Å². The summed E-state index contributed by atoms with van der Waals surface area (Å²) in [5, 5.41) is 3.88. The van der Waals surface area contributed by atoms with Gasteiger partial charge < -0.3 is 10.1 Å². The molecular weight excluding hydrogens is 218 g/mol. The molecule has 1 unspecified atom stereocenters. The quantitative estimate of drug-likeness (QED) is 0.771. The predicted octanol–water partition coefficient (Wildman–Crippen LogP) is 3.09. The Morgan fingerprint density at radius 1 is 1.25 bits per heavy atom. The fourth-order valence-corrected chi connectivity index (χ4v) is 2.40. The van der Waals surface area contributed by atoms with E-state index in [9.17, 15) is 0 Å². The second-order valence-electron chi connectivity index (χ2n) is 4.03. The molecule has 0 amide bonds. The summed E-state index contributed by atoms with van der Waals surface area (Å²) in [6.07, 6.45) is 0. The third-order valence-corrected chi connectivity index (χ3v) is 3.35. The van der Waals surface area contributed by atoms with Crippen molar-refractivity contribution in [1.29, 1.82) is 0 Å². The molecule has 3 heteroatoms. The van der Waals surface area contributed by atoms with E-state index in [-0.39, 0.29) is 6.04 Å². The molecule has 1 aromatic carbocycles. The smallest absolute Gasteiger partial charge is 0.0657 e. The number of ether oxygens (including phenoxy) is 1. The Kier molecular flexibility index (Phi) is 5.88. The number of rotatable bonds is 6. The van der Waals surface area contributed by atoms with Crippen LogP contribution in [0.2, 0.25) is 0 Å². The topological polar surface area (TPSA) is 21.3 Å². The lowest BCUT2D eigenvalue weighted by atomic mass is 10.1. The fourth-order valence-electron chi connectivity index (χ4n) is 1.56. The van der Waals surface area contributed by atoms with Gasteiger partial charge in [-0.05, 0) is 24.7 Å². The third kappa shape index (κ3) is 4.16. The highest BCUT2D eigenvalue weighted by molar-refractivity contribution is 7.99. The molecule has 0 radical (unpaired) electrons. The normalized spacial score (nSPS) is 13.1. The minimum Gasteiger partial charge on any atom is -0.383 e. The first-order chi connectivity index (χ1) is 7.67. The minimum atomic E-state index is 0.281. The van der Waals surface area contributed by atoms with Crippen LogP contribution >= 0.6 is 11.8 Å². The maximum atomic E-state index is 5.18. The van der Waals surface area contributed by atoms with E-state index in [0.29, 0.717) is 11.9 Å². The van der Waals surface area contributed by atoms with Gasteiger partial charge in [-0.1, -0.05) is 26.0 Å². The van der Waals surface area contributed by atoms with Crippen molar-refractivity contribution in [2.24, 2.45) is 0 Å². The SMILES string of the molecule is CNC(COC)c1ccc(SC(C)C)cc1. The van der Waals surface area contributed by atoms with Crippen LogP contribution < -0.4 is 5.32 Å². The Hall–Kier alpha value is -0.510. The number of methoxy groups -OCH3 is 1. The minimum absolute atomic E-state index is 0.281. The highest BCUT2D eigenvalue weighted by Gasteiger charge is 2.08. The van der Waals surface area contributed by atoms with E-state index in [1.807, 2.05) is 18.8 Å². The first-order valence-corrected chi connectivity index (χ1v) is 6.48. The van der Waals surface area contributed by atoms with E-state index < -0.39 is 0 Å². The zero-order valence-electron chi connectivity index (χ0n) is 10.5. The Bertz CT molecular complexity index is 297. The van der Waals surface area contributed by atoms with Crippen LogP contribution in [0.5, 0.6) is 0 Å². The van der Waals surface area contributed by atoms with E-state index in [1.165, 1.54) is 10.5 Å². The van der Waals surface area contributed by atoms with Crippen LogP contribution in [0.25, 0.3) is 0 Å². The second-order valence-corrected chi connectivity index (χ2v) is 5.68. The Morgan fingerprint density at radius 2 is 1.88 bits per heavy atom. The number of benzene rings is 1. The summed E-state index contributed by atoms with van der Waals surface area (Å²) in [4.78, 5) is 1.33. The molecule has 0 saturated carbocycles. The lowest BCUT2D eigenvalue weighted by molar-refractivity contribution is 0.170. The second kappa shape index (κ2) is 6.94. The molecule has 0 aliphatic heterocycles. The van der Waals surface area contributed by atoms with Crippen LogP contribution in [-0.4, -0.2) is 26.0 Å². The summed E-state index contributed by atoms with van der Waals surface area (Å²) in [6, 6.07) is 8.98. The number of hydrogen-bond donors (Lipinski definition) is 1. The van der Waals surface area contributed by atoms with Gasteiger partial charge in [0.1, 0.15) is 0 Å². The van der Waals surface area contributed by atoms with Crippen molar-refractivity contribution in [2.45, 2.75) is 30.0 Å². The van der Waals surface area contributed by atoms with Crippen LogP contribution in [0.15, 0.2) is 29.2 Å². The summed E-state index contributed by atoms with van der Waals surface area (Å²) in [5.41, 5.74) is 1.28. The van der Waals surface area contributed by atoms with Gasteiger partial charge in [-0.2, -0.15) is 0 Å². The van der Waals surface area contributed by atoms with Crippen molar-refractivity contribution >= 4 is 11.8 Å². The van der Waals surface area contributed by atoms with E-state index >= 15 is 0 Å².